The van der Waals surface area contributed by atoms with Gasteiger partial charge in [0.15, 0.2) is 0 Å². The number of hydrogen-bond donors (Lipinski definition) is 0. The molecule has 1 amide bonds. The minimum Gasteiger partial charge on any atom is -0.339 e. The topological polar surface area (TPSA) is 26.8 Å². The van der Waals surface area contributed by atoms with Crippen LogP contribution in [0.3, 0.4) is 0 Å². The van der Waals surface area contributed by atoms with Crippen molar-refractivity contribution in [3.63, 3.8) is 0 Å². The van der Waals surface area contributed by atoms with E-state index in [2.05, 4.69) is 64.9 Å². The highest BCUT2D eigenvalue weighted by molar-refractivity contribution is 5.94. The largest absolute Gasteiger partial charge is 0.339 e. The van der Waals surface area contributed by atoms with Gasteiger partial charge in [0.1, 0.15) is 0 Å². The summed E-state index contributed by atoms with van der Waals surface area (Å²) in [6.07, 6.45) is 5.56. The lowest BCUT2D eigenvalue weighted by molar-refractivity contribution is 0.0599. The third-order valence-electron chi connectivity index (χ3n) is 6.89. The van der Waals surface area contributed by atoms with Gasteiger partial charge in [-0.15, -0.1) is 6.58 Å². The molecule has 4 heteroatoms. The third kappa shape index (κ3) is 4.72. The first-order chi connectivity index (χ1) is 15.6. The molecule has 1 fully saturated rings. The van der Waals surface area contributed by atoms with Gasteiger partial charge < -0.3 is 4.90 Å². The third-order valence-corrected chi connectivity index (χ3v) is 6.89. The highest BCUT2D eigenvalue weighted by Gasteiger charge is 2.37. The normalized spacial score (nSPS) is 21.1. The Kier molecular flexibility index (Phi) is 7.23. The van der Waals surface area contributed by atoms with Crippen molar-refractivity contribution in [2.75, 3.05) is 32.7 Å². The van der Waals surface area contributed by atoms with Crippen LogP contribution in [0.4, 0.5) is 0 Å². The number of hydrogen-bond acceptors (Lipinski definition) is 3. The van der Waals surface area contributed by atoms with Gasteiger partial charge >= 0.3 is 0 Å². The molecule has 168 valence electrons. The molecule has 0 unspecified atom stereocenters. The number of rotatable bonds is 8. The number of fused-ring (bicyclic) bond motifs is 3. The average molecular weight is 430 g/mol. The Labute approximate surface area is 192 Å². The molecule has 0 N–H and O–H groups in total. The van der Waals surface area contributed by atoms with E-state index >= 15 is 0 Å². The number of piperazine rings is 1. The Bertz CT molecular complexity index is 946. The predicted molar refractivity (Wildman–Crippen MR) is 132 cm³/mol. The summed E-state index contributed by atoms with van der Waals surface area (Å²) in [6, 6.07) is 19.9. The van der Waals surface area contributed by atoms with Crippen molar-refractivity contribution in [1.29, 1.82) is 0 Å². The van der Waals surface area contributed by atoms with E-state index in [1.807, 2.05) is 37.0 Å². The van der Waals surface area contributed by atoms with Gasteiger partial charge in [-0.25, -0.2) is 0 Å². The minimum absolute atomic E-state index is 0.116. The molecule has 1 saturated heterocycles. The van der Waals surface area contributed by atoms with Gasteiger partial charge in [0.25, 0.3) is 5.91 Å². The van der Waals surface area contributed by atoms with Gasteiger partial charge in [-0.05, 0) is 49.1 Å². The Balaban J connectivity index is 1.55. The quantitative estimate of drug-likeness (QED) is 0.569. The van der Waals surface area contributed by atoms with E-state index in [1.165, 1.54) is 16.7 Å². The monoisotopic (exact) mass is 429 g/mol. The summed E-state index contributed by atoms with van der Waals surface area (Å²) in [6.45, 7) is 13.4. The van der Waals surface area contributed by atoms with Crippen molar-refractivity contribution in [3.05, 3.63) is 90.0 Å². The van der Waals surface area contributed by atoms with Crippen LogP contribution in [-0.2, 0) is 6.54 Å². The molecule has 0 aliphatic carbocycles. The smallest absolute Gasteiger partial charge is 0.253 e. The zero-order valence-electron chi connectivity index (χ0n) is 19.4. The molecule has 0 aromatic heterocycles. The molecule has 4 nitrogen and oxygen atoms in total. The van der Waals surface area contributed by atoms with E-state index in [4.69, 9.17) is 0 Å². The van der Waals surface area contributed by atoms with E-state index in [9.17, 15) is 4.79 Å². The predicted octanol–water partition coefficient (Wildman–Crippen LogP) is 4.70. The van der Waals surface area contributed by atoms with Gasteiger partial charge in [-0.1, -0.05) is 54.6 Å². The zero-order valence-corrected chi connectivity index (χ0v) is 19.4. The maximum Gasteiger partial charge on any atom is 0.253 e. The number of carbonyl (C=O) groups excluding carboxylic acids is 1. The van der Waals surface area contributed by atoms with Crippen LogP contribution in [0.2, 0.25) is 0 Å². The summed E-state index contributed by atoms with van der Waals surface area (Å²) in [7, 11) is 0. The van der Waals surface area contributed by atoms with Crippen molar-refractivity contribution < 1.29 is 4.79 Å². The molecular formula is C28H35N3O. The van der Waals surface area contributed by atoms with Crippen LogP contribution in [0.15, 0.2) is 73.3 Å². The maximum absolute atomic E-state index is 12.6. The maximum atomic E-state index is 12.6. The molecule has 2 atom stereocenters. The summed E-state index contributed by atoms with van der Waals surface area (Å²) in [4.78, 5) is 19.7. The van der Waals surface area contributed by atoms with E-state index in [-0.39, 0.29) is 5.91 Å². The van der Waals surface area contributed by atoms with Crippen LogP contribution in [0.25, 0.3) is 5.57 Å². The van der Waals surface area contributed by atoms with Crippen molar-refractivity contribution in [1.82, 2.24) is 14.7 Å². The van der Waals surface area contributed by atoms with Crippen LogP contribution in [0.5, 0.6) is 0 Å². The van der Waals surface area contributed by atoms with Crippen molar-refractivity contribution >= 4 is 11.5 Å². The number of nitrogens with zero attached hydrogens (tertiary/aromatic N) is 3. The second-order valence-electron chi connectivity index (χ2n) is 8.78. The summed E-state index contributed by atoms with van der Waals surface area (Å²) >= 11 is 0. The molecule has 3 aliphatic rings. The number of carbonyl (C=O) groups is 1. The number of amides is 1. The summed E-state index contributed by atoms with van der Waals surface area (Å²) < 4.78 is 0. The molecule has 2 aromatic rings. The van der Waals surface area contributed by atoms with Crippen molar-refractivity contribution in [2.45, 2.75) is 38.9 Å². The lowest BCUT2D eigenvalue weighted by atomic mass is 9.96. The van der Waals surface area contributed by atoms with Gasteiger partial charge in [0.05, 0.1) is 0 Å². The van der Waals surface area contributed by atoms with E-state index in [1.54, 1.807) is 0 Å². The molecule has 32 heavy (non-hydrogen) atoms. The SMILES string of the molecule is C=CCN1C[C@@H]2C(c3ccccc3)=CC[C@H]1CN2Cc1ccc(C(=O)N(CC)CC)cc1. The number of benzene rings is 2. The van der Waals surface area contributed by atoms with E-state index < -0.39 is 0 Å². The van der Waals surface area contributed by atoms with Crippen molar-refractivity contribution in [2.24, 2.45) is 0 Å². The standard InChI is InChI=1S/C28H35N3O/c1-4-18-30-21-27-26(23-10-8-7-9-11-23)17-16-25(30)20-31(27)19-22-12-14-24(15-13-22)28(32)29(5-2)6-3/h4,7-15,17,25,27H,1,5-6,16,18-21H2,2-3H3/t25-,27+/m0/s1. The van der Waals surface area contributed by atoms with Crippen LogP contribution < -0.4 is 0 Å². The van der Waals surface area contributed by atoms with Crippen LogP contribution in [-0.4, -0.2) is 65.4 Å². The second kappa shape index (κ2) is 10.3. The first kappa shape index (κ1) is 22.5. The van der Waals surface area contributed by atoms with Crippen LogP contribution >= 0.6 is 0 Å². The van der Waals surface area contributed by atoms with E-state index in [0.717, 1.165) is 51.3 Å². The average Bonchev–Trinajstić information content (AvgIpc) is 3.11. The van der Waals surface area contributed by atoms with E-state index in [0.29, 0.717) is 12.1 Å². The molecular weight excluding hydrogens is 394 g/mol. The molecule has 0 radical (unpaired) electrons. The van der Waals surface area contributed by atoms with Crippen LogP contribution in [0, 0.1) is 0 Å². The first-order valence-electron chi connectivity index (χ1n) is 11.9. The lowest BCUT2D eigenvalue weighted by Crippen LogP contribution is -2.56. The zero-order chi connectivity index (χ0) is 22.5. The fraction of sp³-hybridized carbons (Fsp3) is 0.393. The van der Waals surface area contributed by atoms with Crippen molar-refractivity contribution in [3.8, 4) is 0 Å². The molecule has 0 saturated carbocycles. The molecule has 0 spiro atoms. The molecule has 3 heterocycles. The van der Waals surface area contributed by atoms with Gasteiger partial charge in [-0.3, -0.25) is 14.6 Å². The summed E-state index contributed by atoms with van der Waals surface area (Å²) in [5.74, 6) is 0.116. The fourth-order valence-electron chi connectivity index (χ4n) is 5.10. The fourth-order valence-corrected chi connectivity index (χ4v) is 5.10. The molecule has 3 aliphatic heterocycles. The Morgan fingerprint density at radius 2 is 1.75 bits per heavy atom. The Morgan fingerprint density at radius 3 is 2.41 bits per heavy atom. The molecule has 2 bridgehead atoms. The summed E-state index contributed by atoms with van der Waals surface area (Å²) in [5.41, 5.74) is 4.80. The highest BCUT2D eigenvalue weighted by Crippen LogP contribution is 2.34. The Hall–Kier alpha value is -2.69. The van der Waals surface area contributed by atoms with Gasteiger partial charge in [0, 0.05) is 56.9 Å². The summed E-state index contributed by atoms with van der Waals surface area (Å²) in [5, 5.41) is 0. The molecule has 5 rings (SSSR count). The second-order valence-corrected chi connectivity index (χ2v) is 8.78. The lowest BCUT2D eigenvalue weighted by Gasteiger charge is -2.45. The minimum atomic E-state index is 0.116. The van der Waals surface area contributed by atoms with Gasteiger partial charge in [0.2, 0.25) is 0 Å². The Morgan fingerprint density at radius 1 is 1.03 bits per heavy atom. The first-order valence-corrected chi connectivity index (χ1v) is 11.9. The molecule has 2 aromatic carbocycles. The van der Waals surface area contributed by atoms with Crippen LogP contribution in [0.1, 0.15) is 41.8 Å². The van der Waals surface area contributed by atoms with Gasteiger partial charge in [-0.2, -0.15) is 0 Å². The highest BCUT2D eigenvalue weighted by atomic mass is 16.2.